The second-order valence-corrected chi connectivity index (χ2v) is 7.40. The number of hydrogen-bond donors (Lipinski definition) is 0. The Balaban J connectivity index is 2.34. The molecule has 0 bridgehead atoms. The van der Waals surface area contributed by atoms with Crippen LogP contribution in [0.15, 0.2) is 11.6 Å². The van der Waals surface area contributed by atoms with Crippen LogP contribution in [0.1, 0.15) is 41.5 Å². The quantitative estimate of drug-likeness (QED) is 0.576. The van der Waals surface area contributed by atoms with E-state index < -0.39 is 5.41 Å². The summed E-state index contributed by atoms with van der Waals surface area (Å²) in [5, 5.41) is 0. The van der Waals surface area contributed by atoms with Gasteiger partial charge in [-0.3, -0.25) is 14.5 Å². The molecule has 0 saturated carbocycles. The fourth-order valence-electron chi connectivity index (χ4n) is 2.97. The maximum absolute atomic E-state index is 13.0. The molecular formula is C16H25NO3. The first-order valence-corrected chi connectivity index (χ1v) is 7.21. The highest BCUT2D eigenvalue weighted by molar-refractivity contribution is 6.05. The summed E-state index contributed by atoms with van der Waals surface area (Å²) in [6, 6.07) is -0.0535. The minimum Gasteiger partial charge on any atom is -0.378 e. The molecule has 2 saturated heterocycles. The first kappa shape index (κ1) is 15.2. The van der Waals surface area contributed by atoms with Crippen LogP contribution >= 0.6 is 0 Å². The maximum atomic E-state index is 13.0. The van der Waals surface area contributed by atoms with Gasteiger partial charge in [0.25, 0.3) is 0 Å². The van der Waals surface area contributed by atoms with Crippen LogP contribution in [0.25, 0.3) is 0 Å². The van der Waals surface area contributed by atoms with Gasteiger partial charge in [0.15, 0.2) is 0 Å². The Bertz CT molecular complexity index is 471. The van der Waals surface area contributed by atoms with Crippen molar-refractivity contribution in [2.24, 2.45) is 16.7 Å². The molecule has 2 aliphatic heterocycles. The highest BCUT2D eigenvalue weighted by Crippen LogP contribution is 2.45. The smallest absolute Gasteiger partial charge is 0.239 e. The lowest BCUT2D eigenvalue weighted by Crippen LogP contribution is -2.66. The van der Waals surface area contributed by atoms with Crippen molar-refractivity contribution in [2.75, 3.05) is 13.2 Å². The molecule has 112 valence electrons. The highest BCUT2D eigenvalue weighted by atomic mass is 16.5. The third-order valence-electron chi connectivity index (χ3n) is 4.74. The molecule has 0 aromatic rings. The van der Waals surface area contributed by atoms with E-state index in [4.69, 9.17) is 4.74 Å². The highest BCUT2D eigenvalue weighted by Gasteiger charge is 2.58. The van der Waals surface area contributed by atoms with E-state index in [0.717, 1.165) is 5.57 Å². The molecule has 0 N–H and O–H groups in total. The average molecular weight is 279 g/mol. The van der Waals surface area contributed by atoms with Gasteiger partial charge in [0, 0.05) is 0 Å². The zero-order valence-electron chi connectivity index (χ0n) is 13.3. The third-order valence-corrected chi connectivity index (χ3v) is 4.74. The molecule has 3 unspecified atom stereocenters. The van der Waals surface area contributed by atoms with E-state index in [0.29, 0.717) is 13.2 Å². The fourth-order valence-corrected chi connectivity index (χ4v) is 2.97. The van der Waals surface area contributed by atoms with Crippen LogP contribution in [0.4, 0.5) is 0 Å². The molecule has 3 atom stereocenters. The van der Waals surface area contributed by atoms with Gasteiger partial charge in [-0.25, -0.2) is 0 Å². The second kappa shape index (κ2) is 4.69. The number of allylic oxidation sites excluding steroid dienone is 1. The maximum Gasteiger partial charge on any atom is 0.239 e. The molecule has 0 aliphatic carbocycles. The minimum atomic E-state index is -0.685. The van der Waals surface area contributed by atoms with E-state index in [1.807, 2.05) is 47.6 Å². The average Bonchev–Trinajstić information content (AvgIpc) is 2.70. The second-order valence-electron chi connectivity index (χ2n) is 7.40. The van der Waals surface area contributed by atoms with E-state index in [1.54, 1.807) is 0 Å². The zero-order chi connectivity index (χ0) is 15.3. The number of rotatable bonds is 2. The van der Waals surface area contributed by atoms with E-state index in [1.165, 1.54) is 4.90 Å². The molecule has 2 heterocycles. The van der Waals surface area contributed by atoms with Crippen LogP contribution in [0.3, 0.4) is 0 Å². The van der Waals surface area contributed by atoms with Gasteiger partial charge in [0.2, 0.25) is 11.8 Å². The predicted molar refractivity (Wildman–Crippen MR) is 76.9 cm³/mol. The number of β-lactam (4-membered cyclic amide) rings is 1. The molecule has 2 rings (SSSR count). The van der Waals surface area contributed by atoms with Crippen molar-refractivity contribution >= 4 is 11.8 Å². The largest absolute Gasteiger partial charge is 0.378 e. The number of amides is 2. The van der Waals surface area contributed by atoms with Crippen LogP contribution in [-0.4, -0.2) is 36.0 Å². The number of likely N-dealkylation sites (tertiary alicyclic amines) is 1. The molecule has 0 spiro atoms. The minimum absolute atomic E-state index is 0.0535. The van der Waals surface area contributed by atoms with Gasteiger partial charge in [0.1, 0.15) is 0 Å². The fraction of sp³-hybridized carbons (Fsp3) is 0.750. The van der Waals surface area contributed by atoms with Crippen molar-refractivity contribution in [2.45, 2.75) is 47.6 Å². The molecular weight excluding hydrogens is 254 g/mol. The van der Waals surface area contributed by atoms with Gasteiger partial charge < -0.3 is 4.74 Å². The van der Waals surface area contributed by atoms with Gasteiger partial charge >= 0.3 is 0 Å². The van der Waals surface area contributed by atoms with Crippen LogP contribution in [0, 0.1) is 16.7 Å². The molecule has 2 fully saturated rings. The van der Waals surface area contributed by atoms with Crippen molar-refractivity contribution in [1.82, 2.24) is 4.90 Å². The molecule has 4 heteroatoms. The first-order chi connectivity index (χ1) is 9.09. The van der Waals surface area contributed by atoms with Crippen LogP contribution in [-0.2, 0) is 14.3 Å². The number of fused-ring (bicyclic) bond motifs is 1. The molecule has 0 radical (unpaired) electrons. The Morgan fingerprint density at radius 1 is 1.25 bits per heavy atom. The first-order valence-electron chi connectivity index (χ1n) is 7.21. The summed E-state index contributed by atoms with van der Waals surface area (Å²) in [6.07, 6.45) is 1.99. The predicted octanol–water partition coefficient (Wildman–Crippen LogP) is 2.39. The van der Waals surface area contributed by atoms with Crippen LogP contribution < -0.4 is 0 Å². The number of imide groups is 1. The summed E-state index contributed by atoms with van der Waals surface area (Å²) in [5.41, 5.74) is 0.143. The third kappa shape index (κ3) is 2.10. The molecule has 0 aromatic heterocycles. The summed E-state index contributed by atoms with van der Waals surface area (Å²) in [6.45, 7) is 13.0. The van der Waals surface area contributed by atoms with E-state index in [2.05, 4.69) is 0 Å². The summed E-state index contributed by atoms with van der Waals surface area (Å²) < 4.78 is 5.33. The number of carbonyl (C=O) groups is 2. The Morgan fingerprint density at radius 2 is 1.85 bits per heavy atom. The summed E-state index contributed by atoms with van der Waals surface area (Å²) >= 11 is 0. The summed E-state index contributed by atoms with van der Waals surface area (Å²) in [4.78, 5) is 26.6. The van der Waals surface area contributed by atoms with Gasteiger partial charge in [-0.05, 0) is 26.2 Å². The normalized spacial score (nSPS) is 28.5. The van der Waals surface area contributed by atoms with Crippen LogP contribution in [0.2, 0.25) is 0 Å². The Morgan fingerprint density at radius 3 is 2.35 bits per heavy atom. The topological polar surface area (TPSA) is 46.6 Å². The monoisotopic (exact) mass is 279 g/mol. The standard InChI is InChI=1S/C16H25NO3/c1-10(2)7-16(6,15(3,4)5)14(19)17-12-9-20-8-11(12)13(17)18/h7,11-12H,8-9H2,1-6H3. The summed E-state index contributed by atoms with van der Waals surface area (Å²) in [5.74, 6) is -0.270. The summed E-state index contributed by atoms with van der Waals surface area (Å²) in [7, 11) is 0. The van der Waals surface area contributed by atoms with E-state index in [9.17, 15) is 9.59 Å². The Labute approximate surface area is 121 Å². The number of carbonyl (C=O) groups excluding carboxylic acids is 2. The van der Waals surface area contributed by atoms with Gasteiger partial charge in [-0.2, -0.15) is 0 Å². The van der Waals surface area contributed by atoms with Crippen molar-refractivity contribution < 1.29 is 14.3 Å². The Kier molecular flexibility index (Phi) is 3.57. The van der Waals surface area contributed by atoms with Gasteiger partial charge in [-0.1, -0.05) is 32.4 Å². The molecule has 4 nitrogen and oxygen atoms in total. The number of ether oxygens (including phenoxy) is 1. The van der Waals surface area contributed by atoms with Gasteiger partial charge in [0.05, 0.1) is 30.6 Å². The van der Waals surface area contributed by atoms with Crippen molar-refractivity contribution in [3.05, 3.63) is 11.6 Å². The molecule has 0 aromatic carbocycles. The molecule has 20 heavy (non-hydrogen) atoms. The number of nitrogens with zero attached hydrogens (tertiary/aromatic N) is 1. The van der Waals surface area contributed by atoms with Crippen LogP contribution in [0.5, 0.6) is 0 Å². The van der Waals surface area contributed by atoms with Crippen molar-refractivity contribution in [3.8, 4) is 0 Å². The lowest BCUT2D eigenvalue weighted by atomic mass is 9.65. The number of hydrogen-bond acceptors (Lipinski definition) is 3. The zero-order valence-corrected chi connectivity index (χ0v) is 13.3. The SMILES string of the molecule is CC(C)=CC(C)(C(=O)N1C(=O)C2COCC21)C(C)(C)C. The lowest BCUT2D eigenvalue weighted by Gasteiger charge is -2.48. The van der Waals surface area contributed by atoms with Gasteiger partial charge in [-0.15, -0.1) is 0 Å². The van der Waals surface area contributed by atoms with E-state index >= 15 is 0 Å². The van der Waals surface area contributed by atoms with E-state index in [-0.39, 0.29) is 29.2 Å². The van der Waals surface area contributed by atoms with Crippen molar-refractivity contribution in [3.63, 3.8) is 0 Å². The lowest BCUT2D eigenvalue weighted by molar-refractivity contribution is -0.169. The Hall–Kier alpha value is -1.16. The molecule has 2 amide bonds. The molecule has 2 aliphatic rings. The van der Waals surface area contributed by atoms with Crippen molar-refractivity contribution in [1.29, 1.82) is 0 Å².